The molecule has 1 saturated heterocycles. The van der Waals surface area contributed by atoms with Gasteiger partial charge in [0.15, 0.2) is 0 Å². The average Bonchev–Trinajstić information content (AvgIpc) is 2.63. The van der Waals surface area contributed by atoms with Gasteiger partial charge in [0.1, 0.15) is 0 Å². The zero-order valence-electron chi connectivity index (χ0n) is 14.3. The molecule has 1 aromatic carbocycles. The Kier molecular flexibility index (Phi) is 6.17. The zero-order valence-corrected chi connectivity index (χ0v) is 14.3. The monoisotopic (exact) mass is 316 g/mol. The second-order valence-electron chi connectivity index (χ2n) is 6.93. The number of hydrogen-bond donors (Lipinski definition) is 2. The van der Waals surface area contributed by atoms with Gasteiger partial charge in [-0.3, -0.25) is 4.90 Å². The van der Waals surface area contributed by atoms with Gasteiger partial charge < -0.3 is 16.0 Å². The summed E-state index contributed by atoms with van der Waals surface area (Å²) < 4.78 is 0. The summed E-state index contributed by atoms with van der Waals surface area (Å²) in [4.78, 5) is 5.27. The lowest BCUT2D eigenvalue weighted by atomic mass is 9.94. The first-order valence-corrected chi connectivity index (χ1v) is 9.40. The molecule has 1 aliphatic carbocycles. The smallest absolute Gasteiger partial charge is 0.0368 e. The molecule has 0 aromatic heterocycles. The number of anilines is 2. The summed E-state index contributed by atoms with van der Waals surface area (Å²) in [6, 6.07) is 9.75. The molecule has 1 saturated carbocycles. The Hall–Kier alpha value is -1.26. The van der Waals surface area contributed by atoms with Crippen LogP contribution in [0.3, 0.4) is 0 Å². The lowest BCUT2D eigenvalue weighted by molar-refractivity contribution is 0.148. The maximum absolute atomic E-state index is 5.53. The molecule has 4 heteroatoms. The van der Waals surface area contributed by atoms with Crippen LogP contribution in [0, 0.1) is 0 Å². The predicted molar refractivity (Wildman–Crippen MR) is 99.3 cm³/mol. The molecule has 0 spiro atoms. The average molecular weight is 316 g/mol. The molecule has 3 N–H and O–H groups in total. The Balaban J connectivity index is 1.47. The molecule has 4 nitrogen and oxygen atoms in total. The molecule has 1 heterocycles. The minimum absolute atomic E-state index is 0.746. The van der Waals surface area contributed by atoms with Crippen molar-refractivity contribution >= 4 is 11.4 Å². The van der Waals surface area contributed by atoms with Crippen LogP contribution in [0.15, 0.2) is 24.3 Å². The Morgan fingerprint density at radius 3 is 2.30 bits per heavy atom. The van der Waals surface area contributed by atoms with Gasteiger partial charge in [0.25, 0.3) is 0 Å². The van der Waals surface area contributed by atoms with Crippen LogP contribution < -0.4 is 16.0 Å². The maximum Gasteiger partial charge on any atom is 0.0368 e. The van der Waals surface area contributed by atoms with Crippen molar-refractivity contribution in [3.8, 4) is 0 Å². The first-order chi connectivity index (χ1) is 11.4. The summed E-state index contributed by atoms with van der Waals surface area (Å²) in [7, 11) is 0. The SMILES string of the molecule is NCCCNc1ccc(N2CCN(C3CCCCC3)CC2)cc1. The molecule has 0 unspecified atom stereocenters. The molecule has 1 aliphatic heterocycles. The van der Waals surface area contributed by atoms with Gasteiger partial charge in [-0.05, 0) is 50.1 Å². The van der Waals surface area contributed by atoms with Crippen molar-refractivity contribution in [3.05, 3.63) is 24.3 Å². The lowest BCUT2D eigenvalue weighted by Gasteiger charge is -2.41. The Labute approximate surface area is 141 Å². The summed E-state index contributed by atoms with van der Waals surface area (Å²) in [5.41, 5.74) is 8.08. The van der Waals surface area contributed by atoms with Crippen molar-refractivity contribution in [2.24, 2.45) is 5.73 Å². The molecule has 0 bridgehead atoms. The summed E-state index contributed by atoms with van der Waals surface area (Å²) >= 11 is 0. The summed E-state index contributed by atoms with van der Waals surface area (Å²) in [5.74, 6) is 0. The fraction of sp³-hybridized carbons (Fsp3) is 0.684. The molecule has 0 atom stereocenters. The van der Waals surface area contributed by atoms with Crippen LogP contribution in [-0.2, 0) is 0 Å². The molecule has 1 aromatic rings. The molecule has 0 radical (unpaired) electrons. The van der Waals surface area contributed by atoms with Gasteiger partial charge in [0.2, 0.25) is 0 Å². The number of benzene rings is 1. The fourth-order valence-corrected chi connectivity index (χ4v) is 3.92. The highest BCUT2D eigenvalue weighted by Crippen LogP contribution is 2.25. The van der Waals surface area contributed by atoms with E-state index in [1.54, 1.807) is 0 Å². The third-order valence-electron chi connectivity index (χ3n) is 5.35. The number of nitrogens with zero attached hydrogens (tertiary/aromatic N) is 2. The van der Waals surface area contributed by atoms with Gasteiger partial charge in [0, 0.05) is 50.1 Å². The van der Waals surface area contributed by atoms with Crippen LogP contribution in [-0.4, -0.2) is 50.2 Å². The number of hydrogen-bond acceptors (Lipinski definition) is 4. The second kappa shape index (κ2) is 8.55. The van der Waals surface area contributed by atoms with Crippen molar-refractivity contribution in [3.63, 3.8) is 0 Å². The molecule has 2 aliphatic rings. The Bertz CT molecular complexity index is 445. The largest absolute Gasteiger partial charge is 0.385 e. The zero-order chi connectivity index (χ0) is 15.9. The minimum atomic E-state index is 0.746. The molecular weight excluding hydrogens is 284 g/mol. The van der Waals surface area contributed by atoms with Gasteiger partial charge in [-0.15, -0.1) is 0 Å². The third-order valence-corrected chi connectivity index (χ3v) is 5.35. The van der Waals surface area contributed by atoms with E-state index in [0.29, 0.717) is 0 Å². The quantitative estimate of drug-likeness (QED) is 0.792. The van der Waals surface area contributed by atoms with E-state index in [-0.39, 0.29) is 0 Å². The van der Waals surface area contributed by atoms with Gasteiger partial charge in [0.05, 0.1) is 0 Å². The molecule has 23 heavy (non-hydrogen) atoms. The first-order valence-electron chi connectivity index (χ1n) is 9.40. The Morgan fingerprint density at radius 1 is 0.957 bits per heavy atom. The normalized spacial score (nSPS) is 20.7. The maximum atomic E-state index is 5.53. The topological polar surface area (TPSA) is 44.5 Å². The van der Waals surface area contributed by atoms with Crippen LogP contribution in [0.4, 0.5) is 11.4 Å². The second-order valence-corrected chi connectivity index (χ2v) is 6.93. The van der Waals surface area contributed by atoms with E-state index in [1.165, 1.54) is 56.6 Å². The van der Waals surface area contributed by atoms with Gasteiger partial charge >= 0.3 is 0 Å². The van der Waals surface area contributed by atoms with Crippen LogP contribution in [0.5, 0.6) is 0 Å². The highest BCUT2D eigenvalue weighted by atomic mass is 15.3. The van der Waals surface area contributed by atoms with E-state index in [2.05, 4.69) is 39.4 Å². The summed E-state index contributed by atoms with van der Waals surface area (Å²) in [5, 5.41) is 3.42. The molecular formula is C19H32N4. The van der Waals surface area contributed by atoms with E-state index < -0.39 is 0 Å². The summed E-state index contributed by atoms with van der Waals surface area (Å²) in [6.45, 7) is 6.47. The molecule has 128 valence electrons. The number of rotatable bonds is 6. The van der Waals surface area contributed by atoms with E-state index in [0.717, 1.165) is 38.6 Å². The summed E-state index contributed by atoms with van der Waals surface area (Å²) in [6.07, 6.45) is 8.17. The molecule has 3 rings (SSSR count). The highest BCUT2D eigenvalue weighted by Gasteiger charge is 2.25. The van der Waals surface area contributed by atoms with Gasteiger partial charge in [-0.2, -0.15) is 0 Å². The van der Waals surface area contributed by atoms with Gasteiger partial charge in [-0.1, -0.05) is 19.3 Å². The molecule has 2 fully saturated rings. The number of piperazine rings is 1. The van der Waals surface area contributed by atoms with Crippen molar-refractivity contribution < 1.29 is 0 Å². The van der Waals surface area contributed by atoms with Crippen molar-refractivity contribution in [2.45, 2.75) is 44.6 Å². The molecule has 0 amide bonds. The van der Waals surface area contributed by atoms with Crippen LogP contribution in [0.2, 0.25) is 0 Å². The fourth-order valence-electron chi connectivity index (χ4n) is 3.92. The van der Waals surface area contributed by atoms with E-state index >= 15 is 0 Å². The predicted octanol–water partition coefficient (Wildman–Crippen LogP) is 2.90. The van der Waals surface area contributed by atoms with Crippen LogP contribution in [0.1, 0.15) is 38.5 Å². The third kappa shape index (κ3) is 4.61. The van der Waals surface area contributed by atoms with Gasteiger partial charge in [-0.25, -0.2) is 0 Å². The van der Waals surface area contributed by atoms with Crippen molar-refractivity contribution in [2.75, 3.05) is 49.5 Å². The lowest BCUT2D eigenvalue weighted by Crippen LogP contribution is -2.50. The van der Waals surface area contributed by atoms with E-state index in [1.807, 2.05) is 0 Å². The standard InChI is InChI=1S/C19H32N4/c20-11-4-12-21-17-7-9-19(10-8-17)23-15-13-22(14-16-23)18-5-2-1-3-6-18/h7-10,18,21H,1-6,11-16,20H2. The van der Waals surface area contributed by atoms with E-state index in [9.17, 15) is 0 Å². The number of nitrogens with one attached hydrogen (secondary N) is 1. The highest BCUT2D eigenvalue weighted by molar-refractivity contribution is 5.55. The number of nitrogens with two attached hydrogens (primary N) is 1. The minimum Gasteiger partial charge on any atom is -0.385 e. The van der Waals surface area contributed by atoms with Crippen molar-refractivity contribution in [1.82, 2.24) is 4.90 Å². The first kappa shape index (κ1) is 16.6. The van der Waals surface area contributed by atoms with E-state index in [4.69, 9.17) is 5.73 Å². The van der Waals surface area contributed by atoms with Crippen LogP contribution in [0.25, 0.3) is 0 Å². The Morgan fingerprint density at radius 2 is 1.65 bits per heavy atom. The van der Waals surface area contributed by atoms with Crippen LogP contribution >= 0.6 is 0 Å². The van der Waals surface area contributed by atoms with Crippen molar-refractivity contribution in [1.29, 1.82) is 0 Å².